The largest absolute Gasteiger partial charge is 0.500 e. The number of methoxy groups -OCH3 is 1. The first-order valence-corrected chi connectivity index (χ1v) is 7.87. The van der Waals surface area contributed by atoms with E-state index in [1.165, 1.54) is 0 Å². The fourth-order valence-electron chi connectivity index (χ4n) is 1.95. The van der Waals surface area contributed by atoms with E-state index in [0.717, 1.165) is 18.0 Å². The lowest BCUT2D eigenvalue weighted by Gasteiger charge is -2.26. The molecule has 0 radical (unpaired) electrons. The van der Waals surface area contributed by atoms with E-state index in [0.29, 0.717) is 0 Å². The van der Waals surface area contributed by atoms with Gasteiger partial charge < -0.3 is 18.0 Å². The SMILES string of the molecule is COC(CC[Si](OC)(OC)OC)c1ccccc1. The van der Waals surface area contributed by atoms with Crippen LogP contribution < -0.4 is 0 Å². The Morgan fingerprint density at radius 2 is 1.50 bits per heavy atom. The summed E-state index contributed by atoms with van der Waals surface area (Å²) in [6, 6.07) is 10.9. The highest BCUT2D eigenvalue weighted by Gasteiger charge is 2.38. The predicted molar refractivity (Wildman–Crippen MR) is 72.4 cm³/mol. The highest BCUT2D eigenvalue weighted by atomic mass is 28.4. The zero-order valence-corrected chi connectivity index (χ0v) is 12.5. The van der Waals surface area contributed by atoms with Crippen molar-refractivity contribution in [3.05, 3.63) is 35.9 Å². The molecule has 4 nitrogen and oxygen atoms in total. The van der Waals surface area contributed by atoms with Gasteiger partial charge in [0, 0.05) is 34.5 Å². The van der Waals surface area contributed by atoms with Crippen LogP contribution >= 0.6 is 0 Å². The van der Waals surface area contributed by atoms with Crippen LogP contribution in [0.25, 0.3) is 0 Å². The molecule has 0 amide bonds. The standard InChI is InChI=1S/C13H22O4Si/c1-14-13(12-8-6-5-7-9-12)10-11-18(15-2,16-3)17-4/h5-9,13H,10-11H2,1-4H3. The molecule has 0 aliphatic rings. The van der Waals surface area contributed by atoms with Gasteiger partial charge in [0.25, 0.3) is 0 Å². The summed E-state index contributed by atoms with van der Waals surface area (Å²) in [5.74, 6) is 0. The first-order chi connectivity index (χ1) is 8.71. The van der Waals surface area contributed by atoms with Crippen LogP contribution in [0.1, 0.15) is 18.1 Å². The minimum absolute atomic E-state index is 0.0403. The molecule has 0 aromatic heterocycles. The second kappa shape index (κ2) is 7.65. The molecule has 5 heteroatoms. The fourth-order valence-corrected chi connectivity index (χ4v) is 3.68. The summed E-state index contributed by atoms with van der Waals surface area (Å²) in [7, 11) is 4.09. The molecule has 0 fully saturated rings. The Morgan fingerprint density at radius 1 is 0.944 bits per heavy atom. The maximum absolute atomic E-state index is 5.52. The van der Waals surface area contributed by atoms with Crippen LogP contribution in [0, 0.1) is 0 Å². The number of benzene rings is 1. The molecular formula is C13H22O4Si. The van der Waals surface area contributed by atoms with Crippen LogP contribution in [0.2, 0.25) is 6.04 Å². The Hall–Kier alpha value is -0.723. The molecule has 0 aliphatic heterocycles. The molecule has 1 rings (SSSR count). The molecular weight excluding hydrogens is 248 g/mol. The Kier molecular flexibility index (Phi) is 6.52. The molecule has 0 saturated heterocycles. The summed E-state index contributed by atoms with van der Waals surface area (Å²) in [4.78, 5) is 0. The van der Waals surface area contributed by atoms with Gasteiger partial charge in [0.2, 0.25) is 0 Å². The Bertz CT molecular complexity index is 319. The Morgan fingerprint density at radius 3 is 1.94 bits per heavy atom. The summed E-state index contributed by atoms with van der Waals surface area (Å²) in [6.07, 6.45) is 0.848. The topological polar surface area (TPSA) is 36.9 Å². The van der Waals surface area contributed by atoms with Crippen LogP contribution in [0.15, 0.2) is 30.3 Å². The first-order valence-electron chi connectivity index (χ1n) is 5.94. The van der Waals surface area contributed by atoms with Gasteiger partial charge >= 0.3 is 8.80 Å². The highest BCUT2D eigenvalue weighted by molar-refractivity contribution is 6.60. The third-order valence-electron chi connectivity index (χ3n) is 3.10. The molecule has 0 bridgehead atoms. The molecule has 0 saturated carbocycles. The van der Waals surface area contributed by atoms with Crippen LogP contribution in [0.3, 0.4) is 0 Å². The van der Waals surface area contributed by atoms with E-state index in [-0.39, 0.29) is 6.10 Å². The second-order valence-electron chi connectivity index (χ2n) is 3.97. The van der Waals surface area contributed by atoms with Crippen molar-refractivity contribution in [3.63, 3.8) is 0 Å². The summed E-state index contributed by atoms with van der Waals surface area (Å²) in [6.45, 7) is 0. The lowest BCUT2D eigenvalue weighted by molar-refractivity contribution is 0.0834. The van der Waals surface area contributed by atoms with E-state index >= 15 is 0 Å². The molecule has 1 aromatic rings. The van der Waals surface area contributed by atoms with Crippen molar-refractivity contribution in [2.75, 3.05) is 28.4 Å². The van der Waals surface area contributed by atoms with E-state index in [2.05, 4.69) is 12.1 Å². The summed E-state index contributed by atoms with van der Waals surface area (Å²) >= 11 is 0. The van der Waals surface area contributed by atoms with Crippen LogP contribution in [0.4, 0.5) is 0 Å². The number of hydrogen-bond acceptors (Lipinski definition) is 4. The van der Waals surface area contributed by atoms with Gasteiger partial charge in [0.05, 0.1) is 6.10 Å². The summed E-state index contributed by atoms with van der Waals surface area (Å²) in [5.41, 5.74) is 1.16. The normalized spacial score (nSPS) is 13.6. The molecule has 0 spiro atoms. The minimum Gasteiger partial charge on any atom is -0.377 e. The van der Waals surface area contributed by atoms with E-state index in [9.17, 15) is 0 Å². The monoisotopic (exact) mass is 270 g/mol. The van der Waals surface area contributed by atoms with Gasteiger partial charge in [-0.1, -0.05) is 30.3 Å². The minimum atomic E-state index is -2.51. The predicted octanol–water partition coefficient (Wildman–Crippen LogP) is 2.64. The summed E-state index contributed by atoms with van der Waals surface area (Å²) < 4.78 is 21.7. The van der Waals surface area contributed by atoms with Crippen LogP contribution in [-0.4, -0.2) is 37.2 Å². The summed E-state index contributed by atoms with van der Waals surface area (Å²) in [5, 5.41) is 0. The lowest BCUT2D eigenvalue weighted by Crippen LogP contribution is -2.42. The molecule has 1 atom stereocenters. The number of hydrogen-bond donors (Lipinski definition) is 0. The van der Waals surface area contributed by atoms with E-state index in [4.69, 9.17) is 18.0 Å². The van der Waals surface area contributed by atoms with Crippen molar-refractivity contribution in [2.24, 2.45) is 0 Å². The van der Waals surface area contributed by atoms with Crippen molar-refractivity contribution in [3.8, 4) is 0 Å². The fraction of sp³-hybridized carbons (Fsp3) is 0.538. The first kappa shape index (κ1) is 15.3. The maximum Gasteiger partial charge on any atom is 0.500 e. The third kappa shape index (κ3) is 3.89. The van der Waals surface area contributed by atoms with Gasteiger partial charge in [0.15, 0.2) is 0 Å². The molecule has 18 heavy (non-hydrogen) atoms. The molecule has 1 unspecified atom stereocenters. The zero-order chi connectivity index (χ0) is 13.4. The smallest absolute Gasteiger partial charge is 0.377 e. The van der Waals surface area contributed by atoms with Crippen molar-refractivity contribution in [2.45, 2.75) is 18.6 Å². The third-order valence-corrected chi connectivity index (χ3v) is 5.87. The Balaban J connectivity index is 2.65. The van der Waals surface area contributed by atoms with Gasteiger partial charge in [-0.3, -0.25) is 0 Å². The highest BCUT2D eigenvalue weighted by Crippen LogP contribution is 2.26. The average molecular weight is 270 g/mol. The van der Waals surface area contributed by atoms with Crippen molar-refractivity contribution >= 4 is 8.80 Å². The van der Waals surface area contributed by atoms with Gasteiger partial charge in [-0.2, -0.15) is 0 Å². The molecule has 102 valence electrons. The van der Waals surface area contributed by atoms with Gasteiger partial charge in [-0.25, -0.2) is 0 Å². The van der Waals surface area contributed by atoms with Crippen molar-refractivity contribution in [1.82, 2.24) is 0 Å². The van der Waals surface area contributed by atoms with Gasteiger partial charge in [-0.05, 0) is 12.0 Å². The van der Waals surface area contributed by atoms with E-state index in [1.807, 2.05) is 18.2 Å². The number of rotatable bonds is 8. The van der Waals surface area contributed by atoms with Gasteiger partial charge in [0.1, 0.15) is 0 Å². The van der Waals surface area contributed by atoms with Gasteiger partial charge in [-0.15, -0.1) is 0 Å². The molecule has 0 N–H and O–H groups in total. The van der Waals surface area contributed by atoms with Crippen LogP contribution in [-0.2, 0) is 18.0 Å². The van der Waals surface area contributed by atoms with Crippen molar-refractivity contribution in [1.29, 1.82) is 0 Å². The Labute approximate surface area is 110 Å². The molecule has 1 aromatic carbocycles. The zero-order valence-electron chi connectivity index (χ0n) is 11.5. The van der Waals surface area contributed by atoms with E-state index in [1.54, 1.807) is 28.4 Å². The molecule has 0 aliphatic carbocycles. The van der Waals surface area contributed by atoms with Crippen molar-refractivity contribution < 1.29 is 18.0 Å². The quantitative estimate of drug-likeness (QED) is 0.681. The molecule has 0 heterocycles. The maximum atomic E-state index is 5.52. The van der Waals surface area contributed by atoms with E-state index < -0.39 is 8.80 Å². The average Bonchev–Trinajstić information content (AvgIpc) is 2.45. The van der Waals surface area contributed by atoms with Crippen LogP contribution in [0.5, 0.6) is 0 Å². The lowest BCUT2D eigenvalue weighted by atomic mass is 10.1. The number of ether oxygens (including phenoxy) is 1. The second-order valence-corrected chi connectivity index (χ2v) is 7.06.